The number of para-hydroxylation sites is 3. The molecular weight excluding hydrogens is 749 g/mol. The SMILES string of the molecule is c1ccc(-c2ccc3cc(N(c4ccccc4)c4cc(-c5nc(-c6ccccc6)nc(-c6cccc7oc8ccccc8c67)n5)c5c(c4)oc4ccccc45)ccc3c2)cc1. The Bertz CT molecular complexity index is 3600. The lowest BCUT2D eigenvalue weighted by Crippen LogP contribution is -2.10. The minimum absolute atomic E-state index is 0.534. The van der Waals surface area contributed by atoms with Crippen molar-refractivity contribution < 1.29 is 8.83 Å². The number of benzene rings is 9. The molecule has 0 spiro atoms. The fourth-order valence-corrected chi connectivity index (χ4v) is 8.65. The second kappa shape index (κ2) is 14.2. The first-order valence-electron chi connectivity index (χ1n) is 20.3. The van der Waals surface area contributed by atoms with Crippen molar-refractivity contribution in [3.63, 3.8) is 0 Å². The van der Waals surface area contributed by atoms with Crippen LogP contribution in [0.3, 0.4) is 0 Å². The molecule has 0 fully saturated rings. The maximum absolute atomic E-state index is 6.72. The van der Waals surface area contributed by atoms with Crippen LogP contribution in [0.2, 0.25) is 0 Å². The van der Waals surface area contributed by atoms with E-state index in [1.54, 1.807) is 0 Å². The van der Waals surface area contributed by atoms with Gasteiger partial charge in [0.25, 0.3) is 0 Å². The molecule has 0 aliphatic carbocycles. The van der Waals surface area contributed by atoms with E-state index in [0.717, 1.165) is 88.4 Å². The summed E-state index contributed by atoms with van der Waals surface area (Å²) in [5.74, 6) is 1.66. The Morgan fingerprint density at radius 2 is 0.869 bits per heavy atom. The zero-order valence-electron chi connectivity index (χ0n) is 32.7. The van der Waals surface area contributed by atoms with Crippen LogP contribution in [0.5, 0.6) is 0 Å². The van der Waals surface area contributed by atoms with Gasteiger partial charge in [-0.3, -0.25) is 0 Å². The second-order valence-corrected chi connectivity index (χ2v) is 15.2. The maximum atomic E-state index is 6.72. The standard InChI is InChI=1S/C55H34N4O2/c1-4-15-35(16-5-1)37-27-28-39-32-41(30-29-38(39)31-37)59(40-19-8-3-9-20-40)42-33-46(52-44-22-11-13-25-48(44)61-50(52)34-42)55-57-53(36-17-6-2-7-18-36)56-54(58-55)45-23-14-26-49-51(45)43-21-10-12-24-47(43)60-49/h1-34H. The van der Waals surface area contributed by atoms with E-state index in [0.29, 0.717) is 17.5 Å². The van der Waals surface area contributed by atoms with Gasteiger partial charge in [-0.25, -0.2) is 15.0 Å². The Labute approximate surface area is 350 Å². The van der Waals surface area contributed by atoms with Crippen LogP contribution < -0.4 is 4.90 Å². The van der Waals surface area contributed by atoms with E-state index in [1.165, 1.54) is 11.1 Å². The molecule has 12 aromatic rings. The zero-order valence-corrected chi connectivity index (χ0v) is 32.7. The van der Waals surface area contributed by atoms with Crippen LogP contribution in [0.25, 0.3) is 99.9 Å². The lowest BCUT2D eigenvalue weighted by molar-refractivity contribution is 0.668. The average molecular weight is 783 g/mol. The quantitative estimate of drug-likeness (QED) is 0.160. The lowest BCUT2D eigenvalue weighted by Gasteiger charge is -2.26. The molecule has 3 aromatic heterocycles. The first kappa shape index (κ1) is 34.7. The van der Waals surface area contributed by atoms with E-state index in [2.05, 4.69) is 120 Å². The van der Waals surface area contributed by atoms with Gasteiger partial charge in [0.2, 0.25) is 0 Å². The van der Waals surface area contributed by atoms with Gasteiger partial charge in [-0.2, -0.15) is 0 Å². The minimum atomic E-state index is 0.534. The largest absolute Gasteiger partial charge is 0.456 e. The fourth-order valence-electron chi connectivity index (χ4n) is 8.65. The normalized spacial score (nSPS) is 11.6. The summed E-state index contributed by atoms with van der Waals surface area (Å²) in [6, 6.07) is 71.0. The molecule has 0 unspecified atom stereocenters. The van der Waals surface area contributed by atoms with Crippen LogP contribution in [0.1, 0.15) is 0 Å². The van der Waals surface area contributed by atoms with Crippen LogP contribution in [0.15, 0.2) is 215 Å². The first-order valence-corrected chi connectivity index (χ1v) is 20.3. The number of hydrogen-bond donors (Lipinski definition) is 0. The molecule has 0 atom stereocenters. The highest BCUT2D eigenvalue weighted by atomic mass is 16.3. The van der Waals surface area contributed by atoms with Crippen molar-refractivity contribution in [1.82, 2.24) is 15.0 Å². The molecule has 12 rings (SSSR count). The summed E-state index contributed by atoms with van der Waals surface area (Å²) in [4.78, 5) is 18.1. The van der Waals surface area contributed by atoms with Crippen LogP contribution in [0.4, 0.5) is 17.1 Å². The molecule has 6 nitrogen and oxygen atoms in total. The Kier molecular flexibility index (Phi) is 8.06. The van der Waals surface area contributed by atoms with Gasteiger partial charge in [0.05, 0.1) is 5.69 Å². The Balaban J connectivity index is 1.11. The highest BCUT2D eigenvalue weighted by Gasteiger charge is 2.24. The molecule has 0 saturated heterocycles. The van der Waals surface area contributed by atoms with Crippen LogP contribution in [-0.2, 0) is 0 Å². The molecular formula is C55H34N4O2. The van der Waals surface area contributed by atoms with Gasteiger partial charge in [0, 0.05) is 55.7 Å². The van der Waals surface area contributed by atoms with Gasteiger partial charge in [0.1, 0.15) is 22.3 Å². The van der Waals surface area contributed by atoms with Gasteiger partial charge >= 0.3 is 0 Å². The van der Waals surface area contributed by atoms with E-state index < -0.39 is 0 Å². The molecule has 286 valence electrons. The first-order chi connectivity index (χ1) is 30.2. The van der Waals surface area contributed by atoms with Crippen molar-refractivity contribution in [2.45, 2.75) is 0 Å². The van der Waals surface area contributed by atoms with Crippen molar-refractivity contribution in [3.05, 3.63) is 206 Å². The summed E-state index contributed by atoms with van der Waals surface area (Å²) in [5.41, 5.74) is 11.0. The highest BCUT2D eigenvalue weighted by Crippen LogP contribution is 2.44. The van der Waals surface area contributed by atoms with E-state index >= 15 is 0 Å². The van der Waals surface area contributed by atoms with Gasteiger partial charge < -0.3 is 13.7 Å². The molecule has 6 heteroatoms. The summed E-state index contributed by atoms with van der Waals surface area (Å²) in [6.07, 6.45) is 0. The molecule has 3 heterocycles. The summed E-state index contributed by atoms with van der Waals surface area (Å²) in [6.45, 7) is 0. The monoisotopic (exact) mass is 782 g/mol. The molecule has 0 N–H and O–H groups in total. The predicted molar refractivity (Wildman–Crippen MR) is 248 cm³/mol. The third-order valence-corrected chi connectivity index (χ3v) is 11.5. The summed E-state index contributed by atoms with van der Waals surface area (Å²) < 4.78 is 13.0. The topological polar surface area (TPSA) is 68.2 Å². The number of fused-ring (bicyclic) bond motifs is 7. The van der Waals surface area contributed by atoms with Crippen molar-refractivity contribution >= 4 is 71.7 Å². The van der Waals surface area contributed by atoms with Crippen molar-refractivity contribution in [1.29, 1.82) is 0 Å². The molecule has 0 amide bonds. The van der Waals surface area contributed by atoms with Gasteiger partial charge in [0.15, 0.2) is 17.5 Å². The fraction of sp³-hybridized carbons (Fsp3) is 0. The predicted octanol–water partition coefficient (Wildman–Crippen LogP) is 15.0. The number of rotatable bonds is 7. The van der Waals surface area contributed by atoms with Gasteiger partial charge in [-0.1, -0.05) is 146 Å². The molecule has 0 radical (unpaired) electrons. The van der Waals surface area contributed by atoms with Crippen molar-refractivity contribution in [3.8, 4) is 45.3 Å². The van der Waals surface area contributed by atoms with E-state index in [4.69, 9.17) is 23.8 Å². The second-order valence-electron chi connectivity index (χ2n) is 15.2. The molecule has 0 aliphatic heterocycles. The third-order valence-electron chi connectivity index (χ3n) is 11.5. The number of nitrogens with zero attached hydrogens (tertiary/aromatic N) is 4. The van der Waals surface area contributed by atoms with Crippen LogP contribution in [-0.4, -0.2) is 15.0 Å². The summed E-state index contributed by atoms with van der Waals surface area (Å²) in [5, 5.41) is 6.19. The number of furan rings is 2. The minimum Gasteiger partial charge on any atom is -0.456 e. The Morgan fingerprint density at radius 3 is 1.61 bits per heavy atom. The van der Waals surface area contributed by atoms with Crippen LogP contribution in [0, 0.1) is 0 Å². The van der Waals surface area contributed by atoms with Crippen molar-refractivity contribution in [2.24, 2.45) is 0 Å². The average Bonchev–Trinajstić information content (AvgIpc) is 3.91. The lowest BCUT2D eigenvalue weighted by atomic mass is 10.00. The van der Waals surface area contributed by atoms with E-state index in [1.807, 2.05) is 91.0 Å². The number of aromatic nitrogens is 3. The molecule has 0 bridgehead atoms. The molecule has 0 saturated carbocycles. The number of hydrogen-bond acceptors (Lipinski definition) is 6. The van der Waals surface area contributed by atoms with Crippen LogP contribution >= 0.6 is 0 Å². The van der Waals surface area contributed by atoms with Gasteiger partial charge in [-0.15, -0.1) is 0 Å². The Hall–Kier alpha value is -8.35. The maximum Gasteiger partial charge on any atom is 0.164 e. The molecule has 61 heavy (non-hydrogen) atoms. The molecule has 0 aliphatic rings. The van der Waals surface area contributed by atoms with E-state index in [9.17, 15) is 0 Å². The van der Waals surface area contributed by atoms with Crippen molar-refractivity contribution in [2.75, 3.05) is 4.90 Å². The van der Waals surface area contributed by atoms with Gasteiger partial charge in [-0.05, 0) is 76.5 Å². The molecule has 9 aromatic carbocycles. The zero-order chi connectivity index (χ0) is 40.3. The third kappa shape index (κ3) is 6.00. The summed E-state index contributed by atoms with van der Waals surface area (Å²) in [7, 11) is 0. The Morgan fingerprint density at radius 1 is 0.311 bits per heavy atom. The van der Waals surface area contributed by atoms with E-state index in [-0.39, 0.29) is 0 Å². The number of anilines is 3. The smallest absolute Gasteiger partial charge is 0.164 e. The highest BCUT2D eigenvalue weighted by molar-refractivity contribution is 6.14. The summed E-state index contributed by atoms with van der Waals surface area (Å²) >= 11 is 0.